The Morgan fingerprint density at radius 2 is 1.83 bits per heavy atom. The van der Waals surface area contributed by atoms with Crippen molar-refractivity contribution in [3.63, 3.8) is 0 Å². The third-order valence-electron chi connectivity index (χ3n) is 4.04. The Hall–Kier alpha value is -3.39. The minimum absolute atomic E-state index is 0.369. The highest BCUT2D eigenvalue weighted by atomic mass is 19.3. The number of carbonyl (C=O) groups is 2. The molecule has 0 radical (unpaired) electrons. The van der Waals surface area contributed by atoms with E-state index < -0.39 is 36.1 Å². The lowest BCUT2D eigenvalue weighted by Gasteiger charge is -2.18. The van der Waals surface area contributed by atoms with Crippen molar-refractivity contribution in [2.45, 2.75) is 18.9 Å². The summed E-state index contributed by atoms with van der Waals surface area (Å²) in [4.78, 5) is 24.0. The van der Waals surface area contributed by atoms with Crippen LogP contribution in [0.2, 0.25) is 0 Å². The number of alkyl halides is 2. The first-order valence-electron chi connectivity index (χ1n) is 8.75. The van der Waals surface area contributed by atoms with Gasteiger partial charge in [-0.2, -0.15) is 8.78 Å². The second-order valence-electron chi connectivity index (χ2n) is 6.29. The molecule has 0 heterocycles. The molecule has 0 saturated heterocycles. The molecule has 2 aromatic carbocycles. The van der Waals surface area contributed by atoms with Gasteiger partial charge in [0.1, 0.15) is 12.3 Å². The molecule has 0 aliphatic carbocycles. The van der Waals surface area contributed by atoms with Crippen molar-refractivity contribution in [3.05, 3.63) is 77.9 Å². The van der Waals surface area contributed by atoms with Crippen molar-refractivity contribution in [1.82, 2.24) is 5.32 Å². The highest BCUT2D eigenvalue weighted by Gasteiger charge is 2.30. The zero-order valence-corrected chi connectivity index (χ0v) is 15.7. The SMILES string of the molecule is C[C@@H](NC(=O)C(=N)/C=C\C(=O)Nc1ccccc1)c1cccc(C(F)(F)CO)c1. The van der Waals surface area contributed by atoms with Gasteiger partial charge in [-0.3, -0.25) is 15.0 Å². The number of aliphatic hydroxyl groups excluding tert-OH is 1. The third-order valence-corrected chi connectivity index (χ3v) is 4.04. The van der Waals surface area contributed by atoms with Gasteiger partial charge in [0.15, 0.2) is 0 Å². The van der Waals surface area contributed by atoms with Crippen LogP contribution in [-0.2, 0) is 15.5 Å². The third kappa shape index (κ3) is 6.32. The van der Waals surface area contributed by atoms with Crippen molar-refractivity contribution >= 4 is 23.2 Å². The van der Waals surface area contributed by atoms with Crippen molar-refractivity contribution < 1.29 is 23.5 Å². The molecule has 4 N–H and O–H groups in total. The van der Waals surface area contributed by atoms with Crippen LogP contribution >= 0.6 is 0 Å². The van der Waals surface area contributed by atoms with Crippen molar-refractivity contribution in [1.29, 1.82) is 5.41 Å². The molecule has 0 fully saturated rings. The first-order chi connectivity index (χ1) is 13.7. The summed E-state index contributed by atoms with van der Waals surface area (Å²) in [6, 6.07) is 13.4. The van der Waals surface area contributed by atoms with E-state index in [4.69, 9.17) is 10.5 Å². The van der Waals surface area contributed by atoms with Crippen molar-refractivity contribution in [3.8, 4) is 0 Å². The van der Waals surface area contributed by atoms with Gasteiger partial charge in [0.2, 0.25) is 5.91 Å². The van der Waals surface area contributed by atoms with E-state index in [-0.39, 0.29) is 5.56 Å². The number of rotatable bonds is 8. The van der Waals surface area contributed by atoms with Gasteiger partial charge in [0.05, 0.1) is 6.04 Å². The Kier molecular flexibility index (Phi) is 7.33. The summed E-state index contributed by atoms with van der Waals surface area (Å²) in [6.45, 7) is 0.255. The summed E-state index contributed by atoms with van der Waals surface area (Å²) in [5.41, 5.74) is 0.136. The number of amides is 2. The molecule has 2 amide bonds. The second-order valence-corrected chi connectivity index (χ2v) is 6.29. The number of aliphatic hydroxyl groups is 1. The first-order valence-corrected chi connectivity index (χ1v) is 8.75. The van der Waals surface area contributed by atoms with Crippen LogP contribution < -0.4 is 10.6 Å². The summed E-state index contributed by atoms with van der Waals surface area (Å²) >= 11 is 0. The average Bonchev–Trinajstić information content (AvgIpc) is 2.72. The van der Waals surface area contributed by atoms with E-state index in [2.05, 4.69) is 10.6 Å². The molecule has 6 nitrogen and oxygen atoms in total. The van der Waals surface area contributed by atoms with Crippen molar-refractivity contribution in [2.24, 2.45) is 0 Å². The monoisotopic (exact) mass is 401 g/mol. The molecule has 0 aromatic heterocycles. The van der Waals surface area contributed by atoms with Crippen LogP contribution in [0.5, 0.6) is 0 Å². The largest absolute Gasteiger partial charge is 0.390 e. The normalized spacial score (nSPS) is 12.4. The van der Waals surface area contributed by atoms with E-state index >= 15 is 0 Å². The molecule has 1 atom stereocenters. The van der Waals surface area contributed by atoms with Gasteiger partial charge >= 0.3 is 0 Å². The zero-order chi connectivity index (χ0) is 21.4. The number of halogens is 2. The van der Waals surface area contributed by atoms with Crippen LogP contribution in [0.15, 0.2) is 66.7 Å². The second kappa shape index (κ2) is 9.70. The molecular weight excluding hydrogens is 380 g/mol. The maximum absolute atomic E-state index is 13.6. The van der Waals surface area contributed by atoms with Gasteiger partial charge in [-0.25, -0.2) is 0 Å². The first kappa shape index (κ1) is 21.9. The van der Waals surface area contributed by atoms with Crippen LogP contribution in [0.3, 0.4) is 0 Å². The standard InChI is InChI=1S/C21H21F2N3O3/c1-14(15-6-5-7-16(12-15)21(22,23)13-27)25-20(29)18(24)10-11-19(28)26-17-8-3-2-4-9-17/h2-12,14,24,27H,13H2,1H3,(H,25,29)(H,26,28)/b11-10-,24-18?/t14-/m1/s1. The van der Waals surface area contributed by atoms with E-state index in [1.807, 2.05) is 0 Å². The Morgan fingerprint density at radius 3 is 2.48 bits per heavy atom. The van der Waals surface area contributed by atoms with E-state index in [9.17, 15) is 18.4 Å². The quantitative estimate of drug-likeness (QED) is 0.404. The smallest absolute Gasteiger partial charge is 0.295 e. The molecule has 8 heteroatoms. The van der Waals surface area contributed by atoms with Gasteiger partial charge in [-0.15, -0.1) is 0 Å². The fraction of sp³-hybridized carbons (Fsp3) is 0.190. The topological polar surface area (TPSA) is 102 Å². The van der Waals surface area contributed by atoms with Crippen LogP contribution in [0.1, 0.15) is 24.1 Å². The summed E-state index contributed by atoms with van der Waals surface area (Å²) in [7, 11) is 0. The minimum Gasteiger partial charge on any atom is -0.390 e. The highest BCUT2D eigenvalue weighted by Crippen LogP contribution is 2.29. The average molecular weight is 401 g/mol. The zero-order valence-electron chi connectivity index (χ0n) is 15.7. The maximum Gasteiger partial charge on any atom is 0.295 e. The lowest BCUT2D eigenvalue weighted by Crippen LogP contribution is -2.32. The molecule has 0 aliphatic rings. The number of carbonyl (C=O) groups excluding carboxylic acids is 2. The lowest BCUT2D eigenvalue weighted by atomic mass is 10.0. The summed E-state index contributed by atoms with van der Waals surface area (Å²) in [5, 5.41) is 21.7. The highest BCUT2D eigenvalue weighted by molar-refractivity contribution is 6.42. The number of hydrogen-bond donors (Lipinski definition) is 4. The van der Waals surface area contributed by atoms with Gasteiger partial charge in [0.25, 0.3) is 11.8 Å². The van der Waals surface area contributed by atoms with Crippen LogP contribution in [-0.4, -0.2) is 29.2 Å². The molecular formula is C21H21F2N3O3. The number of para-hydroxylation sites is 1. The molecule has 2 rings (SSSR count). The van der Waals surface area contributed by atoms with E-state index in [1.165, 1.54) is 18.2 Å². The number of nitrogens with one attached hydrogen (secondary N) is 3. The van der Waals surface area contributed by atoms with Gasteiger partial charge in [-0.05, 0) is 36.8 Å². The minimum atomic E-state index is -3.39. The van der Waals surface area contributed by atoms with Crippen LogP contribution in [0.25, 0.3) is 0 Å². The van der Waals surface area contributed by atoms with Crippen LogP contribution in [0.4, 0.5) is 14.5 Å². The van der Waals surface area contributed by atoms with Crippen LogP contribution in [0, 0.1) is 5.41 Å². The Bertz CT molecular complexity index is 914. The number of anilines is 1. The molecule has 0 spiro atoms. The van der Waals surface area contributed by atoms with E-state index in [0.717, 1.165) is 12.2 Å². The van der Waals surface area contributed by atoms with Gasteiger partial charge in [-0.1, -0.05) is 36.4 Å². The summed E-state index contributed by atoms with van der Waals surface area (Å²) < 4.78 is 27.3. The molecule has 2 aromatic rings. The maximum atomic E-state index is 13.6. The lowest BCUT2D eigenvalue weighted by molar-refractivity contribution is -0.115. The molecule has 0 unspecified atom stereocenters. The van der Waals surface area contributed by atoms with E-state index in [0.29, 0.717) is 11.3 Å². The molecule has 0 saturated carbocycles. The van der Waals surface area contributed by atoms with E-state index in [1.54, 1.807) is 43.3 Å². The predicted octanol–water partition coefficient (Wildman–Crippen LogP) is 3.16. The fourth-order valence-corrected chi connectivity index (χ4v) is 2.42. The summed E-state index contributed by atoms with van der Waals surface area (Å²) in [6.07, 6.45) is 2.11. The number of hydrogen-bond acceptors (Lipinski definition) is 4. The predicted molar refractivity (Wildman–Crippen MR) is 106 cm³/mol. The fourth-order valence-electron chi connectivity index (χ4n) is 2.42. The summed E-state index contributed by atoms with van der Waals surface area (Å²) in [5.74, 6) is -4.65. The molecule has 0 aliphatic heterocycles. The Balaban J connectivity index is 1.96. The Labute approximate surface area is 166 Å². The molecule has 29 heavy (non-hydrogen) atoms. The number of benzene rings is 2. The Morgan fingerprint density at radius 1 is 1.14 bits per heavy atom. The van der Waals surface area contributed by atoms with Crippen molar-refractivity contribution in [2.75, 3.05) is 11.9 Å². The molecule has 152 valence electrons. The molecule has 0 bridgehead atoms. The van der Waals surface area contributed by atoms with Gasteiger partial charge < -0.3 is 15.7 Å². The van der Waals surface area contributed by atoms with Gasteiger partial charge in [0, 0.05) is 17.3 Å².